The molecular weight excluding hydrogens is 375 g/mol. The average molecular weight is 395 g/mol. The molecule has 0 fully saturated rings. The van der Waals surface area contributed by atoms with Crippen LogP contribution in [0.3, 0.4) is 0 Å². The highest BCUT2D eigenvalue weighted by atomic mass is 35.5. The van der Waals surface area contributed by atoms with Crippen LogP contribution in [-0.4, -0.2) is 39.1 Å². The van der Waals surface area contributed by atoms with Crippen LogP contribution in [0.2, 0.25) is 5.02 Å². The van der Waals surface area contributed by atoms with E-state index >= 15 is 0 Å². The number of halogens is 2. The molecule has 2 heterocycles. The van der Waals surface area contributed by atoms with Crippen molar-refractivity contribution < 1.29 is 14.3 Å². The molecule has 1 amide bonds. The first-order valence-electron chi connectivity index (χ1n) is 8.40. The lowest BCUT2D eigenvalue weighted by atomic mass is 9.99. The van der Waals surface area contributed by atoms with E-state index in [1.54, 1.807) is 0 Å². The summed E-state index contributed by atoms with van der Waals surface area (Å²) in [5, 5.41) is 12.7. The van der Waals surface area contributed by atoms with E-state index in [2.05, 4.69) is 10.3 Å². The predicted octanol–water partition coefficient (Wildman–Crippen LogP) is 1.85. The van der Waals surface area contributed by atoms with Gasteiger partial charge in [-0.1, -0.05) is 17.7 Å². The third kappa shape index (κ3) is 3.42. The summed E-state index contributed by atoms with van der Waals surface area (Å²) in [7, 11) is 1.90. The molecule has 3 rings (SSSR count). The van der Waals surface area contributed by atoms with Gasteiger partial charge in [0, 0.05) is 19.6 Å². The molecule has 144 valence electrons. The molecule has 0 bridgehead atoms. The monoisotopic (exact) mass is 394 g/mol. The fourth-order valence-corrected chi connectivity index (χ4v) is 3.20. The van der Waals surface area contributed by atoms with Gasteiger partial charge in [-0.15, -0.1) is 0 Å². The van der Waals surface area contributed by atoms with Crippen LogP contribution in [0.1, 0.15) is 35.7 Å². The summed E-state index contributed by atoms with van der Waals surface area (Å²) in [5.41, 5.74) is -0.979. The van der Waals surface area contributed by atoms with E-state index in [0.29, 0.717) is 24.5 Å². The van der Waals surface area contributed by atoms with E-state index in [4.69, 9.17) is 11.6 Å². The largest absolute Gasteiger partial charge is 0.501 e. The van der Waals surface area contributed by atoms with E-state index in [1.807, 2.05) is 25.8 Å². The van der Waals surface area contributed by atoms with Crippen molar-refractivity contribution in [2.45, 2.75) is 32.5 Å². The van der Waals surface area contributed by atoms with Gasteiger partial charge >= 0.3 is 0 Å². The number of benzene rings is 1. The summed E-state index contributed by atoms with van der Waals surface area (Å²) < 4.78 is 14.6. The maximum atomic E-state index is 13.2. The number of nitrogens with one attached hydrogen (secondary N) is 1. The first kappa shape index (κ1) is 19.3. The van der Waals surface area contributed by atoms with Gasteiger partial charge in [-0.25, -0.2) is 9.37 Å². The Labute approximate surface area is 160 Å². The number of hydrogen-bond acceptors (Lipinski definition) is 5. The summed E-state index contributed by atoms with van der Waals surface area (Å²) in [6, 6.07) is 4.07. The van der Waals surface area contributed by atoms with Crippen molar-refractivity contribution in [2.75, 3.05) is 13.6 Å². The van der Waals surface area contributed by atoms with Gasteiger partial charge in [0.15, 0.2) is 5.69 Å². The highest BCUT2D eigenvalue weighted by Crippen LogP contribution is 2.29. The number of nitrogens with zero attached hydrogens (tertiary/aromatic N) is 3. The zero-order chi connectivity index (χ0) is 19.9. The summed E-state index contributed by atoms with van der Waals surface area (Å²) >= 11 is 5.73. The Bertz CT molecular complexity index is 974. The van der Waals surface area contributed by atoms with Crippen LogP contribution in [0.15, 0.2) is 23.0 Å². The molecule has 1 aromatic heterocycles. The van der Waals surface area contributed by atoms with E-state index in [-0.39, 0.29) is 17.3 Å². The van der Waals surface area contributed by atoms with E-state index in [9.17, 15) is 19.1 Å². The van der Waals surface area contributed by atoms with Gasteiger partial charge < -0.3 is 10.4 Å². The van der Waals surface area contributed by atoms with Crippen molar-refractivity contribution in [2.24, 2.45) is 0 Å². The van der Waals surface area contributed by atoms with E-state index in [0.717, 1.165) is 0 Å². The molecule has 27 heavy (non-hydrogen) atoms. The molecule has 0 atom stereocenters. The zero-order valence-corrected chi connectivity index (χ0v) is 16.0. The molecule has 0 saturated heterocycles. The van der Waals surface area contributed by atoms with Crippen molar-refractivity contribution in [3.05, 3.63) is 56.5 Å². The smallest absolute Gasteiger partial charge is 0.296 e. The van der Waals surface area contributed by atoms with Gasteiger partial charge in [0.05, 0.1) is 10.6 Å². The van der Waals surface area contributed by atoms with Crippen molar-refractivity contribution in [1.82, 2.24) is 19.8 Å². The molecule has 1 aromatic carbocycles. The number of hydrogen-bond donors (Lipinski definition) is 2. The molecule has 1 aliphatic rings. The van der Waals surface area contributed by atoms with E-state index in [1.165, 1.54) is 22.8 Å². The molecule has 7 nitrogen and oxygen atoms in total. The number of likely N-dealkylation sites (N-methyl/N-ethyl adjacent to an activating group) is 1. The molecule has 9 heteroatoms. The predicted molar refractivity (Wildman–Crippen MR) is 98.4 cm³/mol. The molecular formula is C18H20ClFN4O3. The second kappa shape index (κ2) is 6.94. The van der Waals surface area contributed by atoms with E-state index < -0.39 is 28.6 Å². The maximum absolute atomic E-state index is 13.2. The minimum absolute atomic E-state index is 0.0433. The first-order valence-corrected chi connectivity index (χ1v) is 8.78. The lowest BCUT2D eigenvalue weighted by molar-refractivity contribution is 0.0919. The number of fused-ring (bicyclic) bond motifs is 1. The highest BCUT2D eigenvalue weighted by Gasteiger charge is 2.36. The van der Waals surface area contributed by atoms with Crippen molar-refractivity contribution in [3.63, 3.8) is 0 Å². The second-order valence-corrected chi connectivity index (χ2v) is 7.41. The summed E-state index contributed by atoms with van der Waals surface area (Å²) in [5.74, 6) is -1.53. The van der Waals surface area contributed by atoms with Crippen LogP contribution in [0.5, 0.6) is 5.75 Å². The number of aromatic hydroxyl groups is 1. The Morgan fingerprint density at radius 1 is 1.41 bits per heavy atom. The minimum atomic E-state index is -0.697. The Balaban J connectivity index is 1.91. The third-order valence-electron chi connectivity index (χ3n) is 4.96. The normalized spacial score (nSPS) is 16.0. The average Bonchev–Trinajstić information content (AvgIpc) is 2.62. The number of carbonyl (C=O) groups is 1. The second-order valence-electron chi connectivity index (χ2n) is 7.00. The van der Waals surface area contributed by atoms with Crippen LogP contribution in [0, 0.1) is 5.82 Å². The van der Waals surface area contributed by atoms with Crippen LogP contribution < -0.4 is 10.9 Å². The number of carbonyl (C=O) groups excluding carboxylic acids is 1. The van der Waals surface area contributed by atoms with Crippen LogP contribution in [0.25, 0.3) is 0 Å². The van der Waals surface area contributed by atoms with Gasteiger partial charge in [0.1, 0.15) is 11.6 Å². The Morgan fingerprint density at radius 2 is 2.11 bits per heavy atom. The molecule has 0 spiro atoms. The van der Waals surface area contributed by atoms with Crippen molar-refractivity contribution >= 4 is 17.5 Å². The SMILES string of the molecule is CN1CCn2c(nc(C(=O)NCc3ccc(F)c(Cl)c3)c(O)c2=O)C1(C)C. The molecule has 0 unspecified atom stereocenters. The Kier molecular flexibility index (Phi) is 4.96. The van der Waals surface area contributed by atoms with Crippen LogP contribution >= 0.6 is 11.6 Å². The van der Waals surface area contributed by atoms with Crippen LogP contribution in [0.4, 0.5) is 4.39 Å². The fourth-order valence-electron chi connectivity index (χ4n) is 2.99. The highest BCUT2D eigenvalue weighted by molar-refractivity contribution is 6.30. The summed E-state index contributed by atoms with van der Waals surface area (Å²) in [6.45, 7) is 4.83. The number of aromatic nitrogens is 2. The van der Waals surface area contributed by atoms with Crippen molar-refractivity contribution in [3.8, 4) is 5.75 Å². The standard InChI is InChI=1S/C18H20ClFN4O3/c1-18(2)17-22-13(14(25)16(27)24(17)7-6-23(18)3)15(26)21-9-10-4-5-12(20)11(19)8-10/h4-5,8,25H,6-7,9H2,1-3H3,(H,21,26). The molecule has 0 radical (unpaired) electrons. The van der Waals surface area contributed by atoms with Gasteiger partial charge in [0.25, 0.3) is 11.5 Å². The maximum Gasteiger partial charge on any atom is 0.296 e. The molecule has 0 aliphatic carbocycles. The third-order valence-corrected chi connectivity index (χ3v) is 5.25. The fraction of sp³-hybridized carbons (Fsp3) is 0.389. The van der Waals surface area contributed by atoms with Gasteiger partial charge in [-0.2, -0.15) is 0 Å². The molecule has 2 N–H and O–H groups in total. The van der Waals surface area contributed by atoms with Gasteiger partial charge in [-0.05, 0) is 38.6 Å². The summed E-state index contributed by atoms with van der Waals surface area (Å²) in [6.07, 6.45) is 0. The quantitative estimate of drug-likeness (QED) is 0.829. The van der Waals surface area contributed by atoms with Gasteiger partial charge in [-0.3, -0.25) is 19.1 Å². The lowest BCUT2D eigenvalue weighted by Crippen LogP contribution is -2.51. The number of rotatable bonds is 3. The minimum Gasteiger partial charge on any atom is -0.501 e. The van der Waals surface area contributed by atoms with Crippen molar-refractivity contribution in [1.29, 1.82) is 0 Å². The molecule has 1 aliphatic heterocycles. The van der Waals surface area contributed by atoms with Gasteiger partial charge in [0.2, 0.25) is 5.75 Å². The first-order chi connectivity index (χ1) is 12.6. The number of amides is 1. The zero-order valence-electron chi connectivity index (χ0n) is 15.2. The molecule has 2 aromatic rings. The Hall–Kier alpha value is -2.45. The lowest BCUT2D eigenvalue weighted by Gasteiger charge is -2.40. The van der Waals surface area contributed by atoms with Crippen LogP contribution in [-0.2, 0) is 18.6 Å². The Morgan fingerprint density at radius 3 is 2.78 bits per heavy atom. The molecule has 0 saturated carbocycles. The topological polar surface area (TPSA) is 87.5 Å². The summed E-state index contributed by atoms with van der Waals surface area (Å²) in [4.78, 5) is 31.3.